The quantitative estimate of drug-likeness (QED) is 0.0826. The van der Waals surface area contributed by atoms with Crippen LogP contribution in [0.25, 0.3) is 0 Å². The molecule has 3 heterocycles. The van der Waals surface area contributed by atoms with Gasteiger partial charge in [0, 0.05) is 19.0 Å². The molecule has 2 atom stereocenters. The van der Waals surface area contributed by atoms with Crippen molar-refractivity contribution in [3.8, 4) is 46.6 Å². The minimum absolute atomic E-state index is 0.0268. The molecule has 0 aliphatic carbocycles. The van der Waals surface area contributed by atoms with E-state index in [4.69, 9.17) is 28.4 Å². The van der Waals surface area contributed by atoms with E-state index >= 15 is 0 Å². The fraction of sp³-hybridized carbons (Fsp3) is 0.531. The Balaban J connectivity index is 1.90. The number of nitriles is 2. The summed E-state index contributed by atoms with van der Waals surface area (Å²) in [4.78, 5) is 15.4. The number of ether oxygens (including phenoxy) is 6. The topological polar surface area (TPSA) is 123 Å². The molecule has 0 fully saturated rings. The average Bonchev–Trinajstić information content (AvgIpc) is 3.63. The van der Waals surface area contributed by atoms with Gasteiger partial charge in [-0.15, -0.1) is 0 Å². The molecule has 2 unspecified atom stereocenters. The Morgan fingerprint density at radius 3 is 2.26 bits per heavy atom. The van der Waals surface area contributed by atoms with Crippen LogP contribution >= 0.6 is 0 Å². The highest BCUT2D eigenvalue weighted by Gasteiger charge is 2.45. The van der Waals surface area contributed by atoms with Crippen molar-refractivity contribution < 1.29 is 33.2 Å². The molecule has 1 aromatic rings. The van der Waals surface area contributed by atoms with Gasteiger partial charge in [0.1, 0.15) is 23.5 Å². The summed E-state index contributed by atoms with van der Waals surface area (Å²) in [6.07, 6.45) is 7.09. The number of nitrogens with zero attached hydrogens (tertiary/aromatic N) is 3. The molecule has 1 aromatic carbocycles. The lowest BCUT2D eigenvalue weighted by Gasteiger charge is -2.27. The van der Waals surface area contributed by atoms with Crippen molar-refractivity contribution in [2.75, 3.05) is 13.1 Å². The Morgan fingerprint density at radius 1 is 0.976 bits per heavy atom. The summed E-state index contributed by atoms with van der Waals surface area (Å²) in [6.45, 7) is 14.6. The maximum Gasteiger partial charge on any atom is 0.326 e. The van der Waals surface area contributed by atoms with Gasteiger partial charge in [-0.2, -0.15) is 10.5 Å². The van der Waals surface area contributed by atoms with Crippen LogP contribution in [0.5, 0.6) is 34.5 Å². The molecule has 224 valence electrons. The Kier molecular flexibility index (Phi) is 9.90. The van der Waals surface area contributed by atoms with E-state index in [1.54, 1.807) is 11.8 Å². The molecule has 0 radical (unpaired) electrons. The highest BCUT2D eigenvalue weighted by molar-refractivity contribution is 5.83. The molecular weight excluding hydrogens is 538 g/mol. The van der Waals surface area contributed by atoms with Crippen molar-refractivity contribution in [1.29, 1.82) is 10.5 Å². The second-order valence-corrected chi connectivity index (χ2v) is 10.6. The number of carbonyl (C=O) groups is 1. The van der Waals surface area contributed by atoms with Crippen LogP contribution in [-0.2, 0) is 4.79 Å². The molecule has 0 saturated heterocycles. The van der Waals surface area contributed by atoms with E-state index in [0.717, 1.165) is 44.9 Å². The van der Waals surface area contributed by atoms with Crippen molar-refractivity contribution in [2.24, 2.45) is 11.8 Å². The molecule has 4 rings (SSSR count). The number of carbonyl (C=O) groups excluding carboxylic acids is 1. The minimum atomic E-state index is -0.526. The number of rotatable bonds is 12. The van der Waals surface area contributed by atoms with Crippen LogP contribution in [0, 0.1) is 34.5 Å². The number of fused-ring (bicyclic) bond motifs is 3. The molecule has 0 N–H and O–H groups in total. The normalized spacial score (nSPS) is 20.5. The first-order valence-corrected chi connectivity index (χ1v) is 14.8. The Morgan fingerprint density at radius 2 is 1.62 bits per heavy atom. The summed E-state index contributed by atoms with van der Waals surface area (Å²) in [7, 11) is 0. The van der Waals surface area contributed by atoms with Crippen LogP contribution in [0.15, 0.2) is 35.5 Å². The van der Waals surface area contributed by atoms with Crippen molar-refractivity contribution >= 4 is 5.97 Å². The maximum atomic E-state index is 13.7. The second-order valence-electron chi connectivity index (χ2n) is 10.6. The van der Waals surface area contributed by atoms with Crippen LogP contribution in [0.2, 0.25) is 0 Å². The zero-order valence-electron chi connectivity index (χ0n) is 25.1. The largest absolute Gasteiger partial charge is 0.454 e. The monoisotopic (exact) mass is 577 g/mol. The molecule has 10 nitrogen and oxygen atoms in total. The molecular formula is C32H39N3O7. The zero-order valence-corrected chi connectivity index (χ0v) is 25.1. The van der Waals surface area contributed by atoms with Crippen LogP contribution in [0.4, 0.5) is 0 Å². The summed E-state index contributed by atoms with van der Waals surface area (Å²) in [5, 5.41) is 19.7. The van der Waals surface area contributed by atoms with Crippen molar-refractivity contribution in [2.45, 2.75) is 86.0 Å². The van der Waals surface area contributed by atoms with E-state index < -0.39 is 11.9 Å². The summed E-state index contributed by atoms with van der Waals surface area (Å²) >= 11 is 0. The van der Waals surface area contributed by atoms with Crippen LogP contribution in [-0.4, -0.2) is 24.0 Å². The summed E-state index contributed by atoms with van der Waals surface area (Å²) in [5.74, 6) is -0.339. The second kappa shape index (κ2) is 13.6. The fourth-order valence-electron chi connectivity index (χ4n) is 5.14. The van der Waals surface area contributed by atoms with Crippen molar-refractivity contribution in [1.82, 2.24) is 4.90 Å². The Labute approximate surface area is 247 Å². The molecule has 0 aromatic heterocycles. The first kappa shape index (κ1) is 30.6. The third kappa shape index (κ3) is 5.99. The van der Waals surface area contributed by atoms with Gasteiger partial charge in [0.05, 0.1) is 5.92 Å². The number of hydrogen-bond acceptors (Lipinski definition) is 10. The lowest BCUT2D eigenvalue weighted by molar-refractivity contribution is -0.140. The van der Waals surface area contributed by atoms with E-state index in [2.05, 4.69) is 33.4 Å². The molecule has 0 spiro atoms. The van der Waals surface area contributed by atoms with Gasteiger partial charge < -0.3 is 33.3 Å². The van der Waals surface area contributed by atoms with Gasteiger partial charge >= 0.3 is 17.9 Å². The van der Waals surface area contributed by atoms with Crippen molar-refractivity contribution in [3.05, 3.63) is 35.5 Å². The Bertz CT molecular complexity index is 1380. The minimum Gasteiger partial charge on any atom is -0.454 e. The fourth-order valence-corrected chi connectivity index (χ4v) is 5.14. The highest BCUT2D eigenvalue weighted by atomic mass is 16.7. The van der Waals surface area contributed by atoms with E-state index in [0.29, 0.717) is 18.7 Å². The molecule has 42 heavy (non-hydrogen) atoms. The maximum absolute atomic E-state index is 13.7. The smallest absolute Gasteiger partial charge is 0.326 e. The van der Waals surface area contributed by atoms with Crippen LogP contribution < -0.4 is 28.4 Å². The van der Waals surface area contributed by atoms with E-state index in [-0.39, 0.29) is 70.1 Å². The summed E-state index contributed by atoms with van der Waals surface area (Å²) in [6, 6.07) is 4.22. The molecule has 3 aliphatic rings. The van der Waals surface area contributed by atoms with Gasteiger partial charge in [-0.25, -0.2) is 0 Å². The lowest BCUT2D eigenvalue weighted by atomic mass is 9.98. The van der Waals surface area contributed by atoms with Crippen LogP contribution in [0.3, 0.4) is 0 Å². The number of hydrogen-bond donors (Lipinski definition) is 0. The predicted molar refractivity (Wildman–Crippen MR) is 153 cm³/mol. The molecule has 10 heteroatoms. The van der Waals surface area contributed by atoms with Gasteiger partial charge in [-0.1, -0.05) is 59.5 Å². The number of allylic oxidation sites excluding steroid dienone is 3. The van der Waals surface area contributed by atoms with Gasteiger partial charge in [-0.3, -0.25) is 4.79 Å². The van der Waals surface area contributed by atoms with Gasteiger partial charge in [0.25, 0.3) is 0 Å². The average molecular weight is 578 g/mol. The number of unbranched alkanes of at least 4 members (excludes halogenated alkanes) is 3. The SMILES string of the molecule is C=C(Oc1c2c(c3c4c1O/C(=C(\C#N)N(CC)CC(CCCCC)C(=O)O3)O4)O/C(=C(/C)C#N)O2)C(CC)CCCC. The van der Waals surface area contributed by atoms with Crippen molar-refractivity contribution in [3.63, 3.8) is 0 Å². The molecule has 0 amide bonds. The first-order valence-electron chi connectivity index (χ1n) is 14.8. The van der Waals surface area contributed by atoms with Crippen LogP contribution in [0.1, 0.15) is 86.0 Å². The van der Waals surface area contributed by atoms with E-state index in [1.165, 1.54) is 0 Å². The van der Waals surface area contributed by atoms with Gasteiger partial charge in [0.2, 0.25) is 34.5 Å². The third-order valence-corrected chi connectivity index (χ3v) is 7.71. The lowest BCUT2D eigenvalue weighted by Crippen LogP contribution is -2.36. The number of benzene rings is 1. The van der Waals surface area contributed by atoms with E-state index in [1.807, 2.05) is 13.0 Å². The molecule has 3 aliphatic heterocycles. The summed E-state index contributed by atoms with van der Waals surface area (Å²) in [5.41, 5.74) is 0.325. The van der Waals surface area contributed by atoms with Gasteiger partial charge in [-0.05, 0) is 33.1 Å². The highest BCUT2D eigenvalue weighted by Crippen LogP contribution is 2.64. The van der Waals surface area contributed by atoms with Gasteiger partial charge in [0.15, 0.2) is 5.70 Å². The molecule has 0 saturated carbocycles. The van der Waals surface area contributed by atoms with E-state index in [9.17, 15) is 15.3 Å². The molecule has 2 bridgehead atoms. The summed E-state index contributed by atoms with van der Waals surface area (Å²) < 4.78 is 36.6. The third-order valence-electron chi connectivity index (χ3n) is 7.71. The standard InChI is InChI=1S/C32H39N3O7/c1-7-11-13-15-22-18-35(10-4)23(17-34)32-41-27-24(37-20(6)21(9-3)14-12-8-2)26-28(40-31(39-26)19(5)16-33)25(29(27)42-32)38-30(22)36/h21-22H,6-15,18H2,1-5H3/b31-19-,32-23-. The first-order chi connectivity index (χ1) is 20.3. The number of esters is 1. The zero-order chi connectivity index (χ0) is 30.4. The Hall–Kier alpha value is -4.31. The predicted octanol–water partition coefficient (Wildman–Crippen LogP) is 7.22.